The molecule has 0 amide bonds. The van der Waals surface area contributed by atoms with Gasteiger partial charge in [-0.1, -0.05) is 39.5 Å². The zero-order valence-corrected chi connectivity index (χ0v) is 12.9. The Morgan fingerprint density at radius 1 is 1.24 bits per heavy atom. The molecule has 0 fully saturated rings. The minimum Gasteiger partial charge on any atom is -0.443 e. The van der Waals surface area contributed by atoms with Crippen LogP contribution in [-0.4, -0.2) is 16.3 Å². The molecule has 2 rings (SSSR count). The highest BCUT2D eigenvalue weighted by molar-refractivity contribution is 5.92. The molecule has 0 atom stereocenters. The second-order valence-electron chi connectivity index (χ2n) is 6.62. The molecule has 0 spiro atoms. The summed E-state index contributed by atoms with van der Waals surface area (Å²) in [5.74, 6) is 0.549. The molecule has 3 heteroatoms. The van der Waals surface area contributed by atoms with Crippen molar-refractivity contribution >= 4 is 17.0 Å². The van der Waals surface area contributed by atoms with Gasteiger partial charge >= 0.3 is 6.09 Å². The summed E-state index contributed by atoms with van der Waals surface area (Å²) in [5, 5.41) is 1.13. The molecule has 0 aliphatic carbocycles. The average molecular weight is 289 g/mol. The fraction of sp³-hybridized carbons (Fsp3) is 0.500. The molecule has 0 unspecified atom stereocenters. The van der Waals surface area contributed by atoms with Crippen molar-refractivity contribution in [3.05, 3.63) is 36.0 Å². The number of ether oxygens (including phenoxy) is 1. The standard InChI is InChI=1S/C17H23NO2.CH4/c1-12(2)10-13-11-18(16(19)20-17(3,4)5)15-9-7-6-8-14(13)15;/h6-9,11-12H,10H2,1-5H3;1H4. The number of aromatic nitrogens is 1. The number of carbonyl (C=O) groups is 1. The van der Waals surface area contributed by atoms with Crippen LogP contribution >= 0.6 is 0 Å². The summed E-state index contributed by atoms with van der Waals surface area (Å²) in [7, 11) is 0. The van der Waals surface area contributed by atoms with Gasteiger partial charge in [0.2, 0.25) is 0 Å². The van der Waals surface area contributed by atoms with Crippen molar-refractivity contribution in [3.8, 4) is 0 Å². The maximum Gasteiger partial charge on any atom is 0.419 e. The van der Waals surface area contributed by atoms with Crippen LogP contribution in [0.3, 0.4) is 0 Å². The number of benzene rings is 1. The third kappa shape index (κ3) is 4.10. The van der Waals surface area contributed by atoms with Gasteiger partial charge in [0.1, 0.15) is 5.60 Å². The number of carbonyl (C=O) groups excluding carboxylic acids is 1. The van der Waals surface area contributed by atoms with Gasteiger partial charge in [-0.25, -0.2) is 4.79 Å². The number of nitrogens with zero attached hydrogens (tertiary/aromatic N) is 1. The van der Waals surface area contributed by atoms with Gasteiger partial charge in [-0.2, -0.15) is 0 Å². The Morgan fingerprint density at radius 3 is 2.43 bits per heavy atom. The van der Waals surface area contributed by atoms with Crippen molar-refractivity contribution in [2.75, 3.05) is 0 Å². The molecule has 3 nitrogen and oxygen atoms in total. The van der Waals surface area contributed by atoms with Crippen molar-refractivity contribution in [3.63, 3.8) is 0 Å². The Morgan fingerprint density at radius 2 is 1.86 bits per heavy atom. The van der Waals surface area contributed by atoms with Crippen LogP contribution in [0.15, 0.2) is 30.5 Å². The number of rotatable bonds is 2. The third-order valence-corrected chi connectivity index (χ3v) is 3.01. The molecule has 0 saturated heterocycles. The van der Waals surface area contributed by atoms with E-state index in [1.165, 1.54) is 5.56 Å². The molecule has 0 N–H and O–H groups in total. The van der Waals surface area contributed by atoms with Crippen molar-refractivity contribution in [1.29, 1.82) is 0 Å². The van der Waals surface area contributed by atoms with Crippen molar-refractivity contribution in [2.24, 2.45) is 5.92 Å². The molecule has 2 aromatic rings. The summed E-state index contributed by atoms with van der Waals surface area (Å²) in [6.07, 6.45) is 2.55. The van der Waals surface area contributed by atoms with Crippen LogP contribution < -0.4 is 0 Å². The number of hydrogen-bond acceptors (Lipinski definition) is 2. The van der Waals surface area contributed by atoms with Crippen LogP contribution in [0.4, 0.5) is 4.79 Å². The molecular weight excluding hydrogens is 262 g/mol. The molecule has 0 aliphatic heterocycles. The summed E-state index contributed by atoms with van der Waals surface area (Å²) in [5.41, 5.74) is 1.62. The van der Waals surface area contributed by atoms with Crippen molar-refractivity contribution < 1.29 is 9.53 Å². The fourth-order valence-corrected chi connectivity index (χ4v) is 2.31. The second-order valence-corrected chi connectivity index (χ2v) is 6.62. The van der Waals surface area contributed by atoms with Crippen LogP contribution in [0.25, 0.3) is 10.9 Å². The van der Waals surface area contributed by atoms with Gasteiger partial charge in [-0.15, -0.1) is 0 Å². The van der Waals surface area contributed by atoms with Crippen LogP contribution in [0.2, 0.25) is 0 Å². The smallest absolute Gasteiger partial charge is 0.419 e. The third-order valence-electron chi connectivity index (χ3n) is 3.01. The molecule has 116 valence electrons. The van der Waals surface area contributed by atoms with E-state index in [1.54, 1.807) is 4.57 Å². The minimum atomic E-state index is -0.485. The Balaban J connectivity index is 0.00000220. The monoisotopic (exact) mass is 289 g/mol. The average Bonchev–Trinajstić information content (AvgIpc) is 2.66. The van der Waals surface area contributed by atoms with Crippen LogP contribution in [-0.2, 0) is 11.2 Å². The molecule has 0 aliphatic rings. The van der Waals surface area contributed by atoms with E-state index in [1.807, 2.05) is 45.2 Å². The van der Waals surface area contributed by atoms with E-state index in [2.05, 4.69) is 19.9 Å². The predicted molar refractivity (Wildman–Crippen MR) is 88.8 cm³/mol. The molecule has 0 saturated carbocycles. The Bertz CT molecular complexity index is 618. The van der Waals surface area contributed by atoms with E-state index in [0.717, 1.165) is 17.3 Å². The highest BCUT2D eigenvalue weighted by atomic mass is 16.6. The molecule has 1 aromatic carbocycles. The number of fused-ring (bicyclic) bond motifs is 1. The first-order chi connectivity index (χ1) is 9.28. The molecule has 1 aromatic heterocycles. The van der Waals surface area contributed by atoms with Gasteiger partial charge in [0, 0.05) is 11.6 Å². The lowest BCUT2D eigenvalue weighted by Gasteiger charge is -2.19. The van der Waals surface area contributed by atoms with Gasteiger partial charge in [0.05, 0.1) is 5.52 Å². The van der Waals surface area contributed by atoms with E-state index in [-0.39, 0.29) is 13.5 Å². The summed E-state index contributed by atoms with van der Waals surface area (Å²) >= 11 is 0. The summed E-state index contributed by atoms with van der Waals surface area (Å²) in [6, 6.07) is 7.98. The lowest BCUT2D eigenvalue weighted by molar-refractivity contribution is 0.0544. The van der Waals surface area contributed by atoms with Gasteiger partial charge in [-0.05, 0) is 44.7 Å². The predicted octanol–water partition coefficient (Wildman–Crippen LogP) is 5.26. The highest BCUT2D eigenvalue weighted by Crippen LogP contribution is 2.24. The highest BCUT2D eigenvalue weighted by Gasteiger charge is 2.20. The fourth-order valence-electron chi connectivity index (χ4n) is 2.31. The number of para-hydroxylation sites is 1. The SMILES string of the molecule is C.CC(C)Cc1cn(C(=O)OC(C)(C)C)c2ccccc12. The molecular formula is C18H27NO2. The van der Waals surface area contributed by atoms with E-state index < -0.39 is 5.60 Å². The maximum atomic E-state index is 12.3. The first-order valence-electron chi connectivity index (χ1n) is 7.10. The van der Waals surface area contributed by atoms with Gasteiger partial charge in [-0.3, -0.25) is 4.57 Å². The summed E-state index contributed by atoms with van der Waals surface area (Å²) in [4.78, 5) is 12.3. The topological polar surface area (TPSA) is 31.2 Å². The zero-order chi connectivity index (χ0) is 14.9. The minimum absolute atomic E-state index is 0. The molecule has 21 heavy (non-hydrogen) atoms. The van der Waals surface area contributed by atoms with Gasteiger partial charge < -0.3 is 4.74 Å². The molecule has 1 heterocycles. The Labute approximate surface area is 127 Å². The first kappa shape index (κ1) is 17.3. The zero-order valence-electron chi connectivity index (χ0n) is 12.9. The van der Waals surface area contributed by atoms with E-state index in [4.69, 9.17) is 4.74 Å². The lowest BCUT2D eigenvalue weighted by Crippen LogP contribution is -2.26. The molecule has 0 bridgehead atoms. The van der Waals surface area contributed by atoms with Gasteiger partial charge in [0.15, 0.2) is 0 Å². The Hall–Kier alpha value is -1.77. The van der Waals surface area contributed by atoms with E-state index in [9.17, 15) is 4.79 Å². The quantitative estimate of drug-likeness (QED) is 0.755. The second kappa shape index (κ2) is 6.33. The van der Waals surface area contributed by atoms with Crippen molar-refractivity contribution in [2.45, 2.75) is 54.1 Å². The van der Waals surface area contributed by atoms with Crippen LogP contribution in [0, 0.1) is 5.92 Å². The number of hydrogen-bond donors (Lipinski definition) is 0. The summed E-state index contributed by atoms with van der Waals surface area (Å²) in [6.45, 7) is 10.0. The van der Waals surface area contributed by atoms with Crippen molar-refractivity contribution in [1.82, 2.24) is 4.57 Å². The maximum absolute atomic E-state index is 12.3. The normalized spacial score (nSPS) is 11.5. The first-order valence-corrected chi connectivity index (χ1v) is 7.10. The molecule has 0 radical (unpaired) electrons. The van der Waals surface area contributed by atoms with E-state index in [0.29, 0.717) is 5.92 Å². The van der Waals surface area contributed by atoms with E-state index >= 15 is 0 Å². The largest absolute Gasteiger partial charge is 0.443 e. The summed E-state index contributed by atoms with van der Waals surface area (Å²) < 4.78 is 7.10. The van der Waals surface area contributed by atoms with Crippen LogP contribution in [0.1, 0.15) is 47.6 Å². The van der Waals surface area contributed by atoms with Crippen LogP contribution in [0.5, 0.6) is 0 Å². The lowest BCUT2D eigenvalue weighted by atomic mass is 10.0. The Kier molecular flexibility index (Phi) is 5.21. The van der Waals surface area contributed by atoms with Gasteiger partial charge in [0.25, 0.3) is 0 Å².